The van der Waals surface area contributed by atoms with Gasteiger partial charge >= 0.3 is 0 Å². The number of hydrogen-bond donors (Lipinski definition) is 2. The molecule has 0 saturated heterocycles. The van der Waals surface area contributed by atoms with Crippen LogP contribution in [0.5, 0.6) is 0 Å². The Balaban J connectivity index is 2.10. The van der Waals surface area contributed by atoms with Crippen molar-refractivity contribution in [2.45, 2.75) is 20.3 Å². The summed E-state index contributed by atoms with van der Waals surface area (Å²) in [5.41, 5.74) is 10.5. The Morgan fingerprint density at radius 2 is 1.84 bits per heavy atom. The minimum atomic E-state index is -0.0494. The molecule has 98 valence electrons. The molecule has 0 unspecified atom stereocenters. The van der Waals surface area contributed by atoms with Crippen LogP contribution in [0.25, 0.3) is 0 Å². The smallest absolute Gasteiger partial charge is 0.228 e. The van der Waals surface area contributed by atoms with Gasteiger partial charge in [-0.1, -0.05) is 30.3 Å². The van der Waals surface area contributed by atoms with Gasteiger partial charge < -0.3 is 11.1 Å². The lowest BCUT2D eigenvalue weighted by Gasteiger charge is -2.11. The summed E-state index contributed by atoms with van der Waals surface area (Å²) in [6.07, 6.45) is 0.292. The van der Waals surface area contributed by atoms with Crippen LogP contribution in [0.3, 0.4) is 0 Å². The number of anilines is 2. The quantitative estimate of drug-likeness (QED) is 0.827. The minimum Gasteiger partial charge on any atom is -0.398 e. The molecule has 0 fully saturated rings. The van der Waals surface area contributed by atoms with Crippen LogP contribution >= 0.6 is 0 Å². The van der Waals surface area contributed by atoms with Gasteiger partial charge in [-0.2, -0.15) is 0 Å². The van der Waals surface area contributed by atoms with Crippen molar-refractivity contribution in [2.24, 2.45) is 0 Å². The number of rotatable bonds is 3. The van der Waals surface area contributed by atoms with Gasteiger partial charge in [0.25, 0.3) is 0 Å². The highest BCUT2D eigenvalue weighted by atomic mass is 16.1. The molecule has 0 radical (unpaired) electrons. The van der Waals surface area contributed by atoms with Crippen molar-refractivity contribution in [1.29, 1.82) is 0 Å². The summed E-state index contributed by atoms with van der Waals surface area (Å²) in [5, 5.41) is 2.93. The first-order chi connectivity index (χ1) is 9.08. The standard InChI is InChI=1S/C16H18N2O/c1-11-6-5-9-15(12(11)2)18-16(19)10-13-7-3-4-8-14(13)17/h3-9H,10,17H2,1-2H3,(H,18,19). The Morgan fingerprint density at radius 3 is 2.58 bits per heavy atom. The van der Waals surface area contributed by atoms with E-state index in [9.17, 15) is 4.79 Å². The van der Waals surface area contributed by atoms with Crippen molar-refractivity contribution >= 4 is 17.3 Å². The lowest BCUT2D eigenvalue weighted by atomic mass is 10.1. The van der Waals surface area contributed by atoms with E-state index < -0.39 is 0 Å². The van der Waals surface area contributed by atoms with Crippen LogP contribution in [-0.4, -0.2) is 5.91 Å². The lowest BCUT2D eigenvalue weighted by Crippen LogP contribution is -2.16. The summed E-state index contributed by atoms with van der Waals surface area (Å²) >= 11 is 0. The molecule has 19 heavy (non-hydrogen) atoms. The predicted octanol–water partition coefficient (Wildman–Crippen LogP) is 3.07. The normalized spacial score (nSPS) is 10.2. The molecule has 2 aromatic rings. The molecular weight excluding hydrogens is 236 g/mol. The monoisotopic (exact) mass is 254 g/mol. The van der Waals surface area contributed by atoms with Crippen LogP contribution in [0.4, 0.5) is 11.4 Å². The summed E-state index contributed by atoms with van der Waals surface area (Å²) in [7, 11) is 0. The van der Waals surface area contributed by atoms with E-state index in [1.165, 1.54) is 0 Å². The zero-order valence-corrected chi connectivity index (χ0v) is 11.2. The third-order valence-electron chi connectivity index (χ3n) is 3.28. The maximum absolute atomic E-state index is 12.0. The Kier molecular flexibility index (Phi) is 3.85. The van der Waals surface area contributed by atoms with Gasteiger partial charge in [-0.3, -0.25) is 4.79 Å². The fourth-order valence-electron chi connectivity index (χ4n) is 1.95. The van der Waals surface area contributed by atoms with E-state index >= 15 is 0 Å². The van der Waals surface area contributed by atoms with E-state index in [4.69, 9.17) is 5.73 Å². The molecule has 0 atom stereocenters. The molecule has 0 aliphatic carbocycles. The van der Waals surface area contributed by atoms with E-state index in [1.807, 2.05) is 50.2 Å². The van der Waals surface area contributed by atoms with Crippen molar-refractivity contribution in [2.75, 3.05) is 11.1 Å². The number of hydrogen-bond acceptors (Lipinski definition) is 2. The maximum atomic E-state index is 12.0. The molecule has 2 rings (SSSR count). The highest BCUT2D eigenvalue weighted by Crippen LogP contribution is 2.19. The molecular formula is C16H18N2O. The van der Waals surface area contributed by atoms with E-state index in [1.54, 1.807) is 6.07 Å². The summed E-state index contributed by atoms with van der Waals surface area (Å²) in [5.74, 6) is -0.0494. The zero-order chi connectivity index (χ0) is 13.8. The minimum absolute atomic E-state index is 0.0494. The van der Waals surface area contributed by atoms with Crippen molar-refractivity contribution in [3.05, 3.63) is 59.2 Å². The molecule has 3 N–H and O–H groups in total. The van der Waals surface area contributed by atoms with Crippen molar-refractivity contribution < 1.29 is 4.79 Å². The molecule has 3 nitrogen and oxygen atoms in total. The van der Waals surface area contributed by atoms with Crippen molar-refractivity contribution in [3.63, 3.8) is 0 Å². The first-order valence-corrected chi connectivity index (χ1v) is 6.27. The lowest BCUT2D eigenvalue weighted by molar-refractivity contribution is -0.115. The first-order valence-electron chi connectivity index (χ1n) is 6.27. The largest absolute Gasteiger partial charge is 0.398 e. The summed E-state index contributed by atoms with van der Waals surface area (Å²) in [4.78, 5) is 12.0. The number of benzene rings is 2. The van der Waals surface area contributed by atoms with Crippen LogP contribution < -0.4 is 11.1 Å². The number of carbonyl (C=O) groups is 1. The second kappa shape index (κ2) is 5.57. The molecule has 0 aliphatic heterocycles. The number of nitrogens with two attached hydrogens (primary N) is 1. The fourth-order valence-corrected chi connectivity index (χ4v) is 1.95. The van der Waals surface area contributed by atoms with Gasteiger partial charge in [0, 0.05) is 11.4 Å². The van der Waals surface area contributed by atoms with Gasteiger partial charge in [-0.05, 0) is 42.7 Å². The van der Waals surface area contributed by atoms with Crippen LogP contribution in [-0.2, 0) is 11.2 Å². The molecule has 0 aromatic heterocycles. The van der Waals surface area contributed by atoms with Crippen LogP contribution in [0.15, 0.2) is 42.5 Å². The van der Waals surface area contributed by atoms with Gasteiger partial charge in [-0.15, -0.1) is 0 Å². The van der Waals surface area contributed by atoms with E-state index in [2.05, 4.69) is 5.32 Å². The molecule has 2 aromatic carbocycles. The van der Waals surface area contributed by atoms with Crippen LogP contribution in [0, 0.1) is 13.8 Å². The number of nitrogens with one attached hydrogen (secondary N) is 1. The predicted molar refractivity (Wildman–Crippen MR) is 79.1 cm³/mol. The summed E-state index contributed by atoms with van der Waals surface area (Å²) in [6.45, 7) is 4.03. The Hall–Kier alpha value is -2.29. The third kappa shape index (κ3) is 3.13. The van der Waals surface area contributed by atoms with Crippen molar-refractivity contribution in [3.8, 4) is 0 Å². The number of para-hydroxylation sites is 1. The molecule has 3 heteroatoms. The van der Waals surface area contributed by atoms with Gasteiger partial charge in [0.1, 0.15) is 0 Å². The average molecular weight is 254 g/mol. The zero-order valence-electron chi connectivity index (χ0n) is 11.2. The Labute approximate surface area is 113 Å². The highest BCUT2D eigenvalue weighted by molar-refractivity contribution is 5.93. The molecule has 0 saturated carbocycles. The molecule has 0 spiro atoms. The Morgan fingerprint density at radius 1 is 1.11 bits per heavy atom. The fraction of sp³-hybridized carbons (Fsp3) is 0.188. The number of amides is 1. The van der Waals surface area contributed by atoms with Crippen LogP contribution in [0.1, 0.15) is 16.7 Å². The van der Waals surface area contributed by atoms with E-state index in [0.29, 0.717) is 12.1 Å². The highest BCUT2D eigenvalue weighted by Gasteiger charge is 2.08. The van der Waals surface area contributed by atoms with Crippen LogP contribution in [0.2, 0.25) is 0 Å². The van der Waals surface area contributed by atoms with E-state index in [0.717, 1.165) is 22.4 Å². The molecule has 1 amide bonds. The number of aryl methyl sites for hydroxylation is 1. The number of nitrogen functional groups attached to an aromatic ring is 1. The topological polar surface area (TPSA) is 55.1 Å². The molecule has 0 heterocycles. The summed E-state index contributed by atoms with van der Waals surface area (Å²) in [6, 6.07) is 13.3. The summed E-state index contributed by atoms with van der Waals surface area (Å²) < 4.78 is 0. The Bertz CT molecular complexity index is 605. The first kappa shape index (κ1) is 13.1. The van der Waals surface area contributed by atoms with Gasteiger partial charge in [0.05, 0.1) is 6.42 Å². The van der Waals surface area contributed by atoms with Crippen molar-refractivity contribution in [1.82, 2.24) is 0 Å². The van der Waals surface area contributed by atoms with E-state index in [-0.39, 0.29) is 5.91 Å². The van der Waals surface area contributed by atoms with Gasteiger partial charge in [0.15, 0.2) is 0 Å². The van der Waals surface area contributed by atoms with Gasteiger partial charge in [-0.25, -0.2) is 0 Å². The van der Waals surface area contributed by atoms with Gasteiger partial charge in [0.2, 0.25) is 5.91 Å². The SMILES string of the molecule is Cc1cccc(NC(=O)Cc2ccccc2N)c1C. The molecule has 0 bridgehead atoms. The molecule has 0 aliphatic rings. The third-order valence-corrected chi connectivity index (χ3v) is 3.28. The second-order valence-electron chi connectivity index (χ2n) is 4.67. The average Bonchev–Trinajstić information content (AvgIpc) is 2.38. The second-order valence-corrected chi connectivity index (χ2v) is 4.67. The maximum Gasteiger partial charge on any atom is 0.228 e. The number of carbonyl (C=O) groups excluding carboxylic acids is 1.